The van der Waals surface area contributed by atoms with E-state index in [0.717, 1.165) is 28.4 Å². The minimum atomic E-state index is -0.336. The van der Waals surface area contributed by atoms with Gasteiger partial charge in [0.1, 0.15) is 12.3 Å². The topological polar surface area (TPSA) is 70.2 Å². The first-order chi connectivity index (χ1) is 9.85. The van der Waals surface area contributed by atoms with Gasteiger partial charge in [-0.25, -0.2) is 4.98 Å². The second-order valence-corrected chi connectivity index (χ2v) is 5.24. The molecule has 0 aliphatic heterocycles. The van der Waals surface area contributed by atoms with E-state index in [1.165, 1.54) is 7.11 Å². The number of oxazole rings is 1. The maximum atomic E-state index is 11.7. The summed E-state index contributed by atoms with van der Waals surface area (Å²) in [7, 11) is 1.40. The van der Waals surface area contributed by atoms with Crippen LogP contribution in [0.1, 0.15) is 47.1 Å². The average molecular weight is 291 g/mol. The summed E-state index contributed by atoms with van der Waals surface area (Å²) in [5.74, 6) is 0.836. The van der Waals surface area contributed by atoms with Crippen molar-refractivity contribution < 1.29 is 13.9 Å². The van der Waals surface area contributed by atoms with E-state index < -0.39 is 0 Å². The van der Waals surface area contributed by atoms with Crippen LogP contribution in [0, 0.1) is 27.7 Å². The molecular weight excluding hydrogens is 270 g/mol. The third-order valence-corrected chi connectivity index (χ3v) is 3.78. The van der Waals surface area contributed by atoms with Crippen LogP contribution < -0.4 is 0 Å². The Balaban J connectivity index is 2.32. The zero-order valence-electron chi connectivity index (χ0n) is 13.4. The second kappa shape index (κ2) is 5.71. The van der Waals surface area contributed by atoms with Crippen molar-refractivity contribution in [3.63, 3.8) is 0 Å². The lowest BCUT2D eigenvalue weighted by molar-refractivity contribution is -0.142. The first-order valence-corrected chi connectivity index (χ1v) is 6.89. The van der Waals surface area contributed by atoms with Crippen LogP contribution in [-0.4, -0.2) is 27.8 Å². The quantitative estimate of drug-likeness (QED) is 0.809. The molecule has 0 bridgehead atoms. The smallest absolute Gasteiger partial charge is 0.312 e. The molecule has 1 atom stereocenters. The molecule has 2 aromatic rings. The summed E-state index contributed by atoms with van der Waals surface area (Å²) < 4.78 is 12.2. The number of ether oxygens (including phenoxy) is 1. The van der Waals surface area contributed by atoms with Gasteiger partial charge in [-0.05, 0) is 34.6 Å². The van der Waals surface area contributed by atoms with E-state index in [1.807, 2.05) is 39.3 Å². The highest BCUT2D eigenvalue weighted by atomic mass is 16.5. The first-order valence-electron chi connectivity index (χ1n) is 6.89. The zero-order chi connectivity index (χ0) is 15.7. The second-order valence-electron chi connectivity index (χ2n) is 5.24. The molecule has 6 nitrogen and oxygen atoms in total. The summed E-state index contributed by atoms with van der Waals surface area (Å²) in [6.07, 6.45) is 0. The number of esters is 1. The fourth-order valence-corrected chi connectivity index (χ4v) is 2.52. The van der Waals surface area contributed by atoms with E-state index >= 15 is 0 Å². The Kier molecular flexibility index (Phi) is 4.16. The molecule has 2 rings (SSSR count). The molecule has 2 aromatic heterocycles. The van der Waals surface area contributed by atoms with Crippen molar-refractivity contribution >= 4 is 5.97 Å². The van der Waals surface area contributed by atoms with Gasteiger partial charge in [0.25, 0.3) is 0 Å². The molecule has 0 aliphatic carbocycles. The Morgan fingerprint density at radius 2 is 1.95 bits per heavy atom. The molecule has 6 heteroatoms. The van der Waals surface area contributed by atoms with E-state index in [-0.39, 0.29) is 11.9 Å². The monoisotopic (exact) mass is 291 g/mol. The Morgan fingerprint density at radius 3 is 2.48 bits per heavy atom. The van der Waals surface area contributed by atoms with Crippen LogP contribution in [-0.2, 0) is 16.1 Å². The van der Waals surface area contributed by atoms with Crippen LogP contribution >= 0.6 is 0 Å². The van der Waals surface area contributed by atoms with Gasteiger partial charge in [-0.2, -0.15) is 5.10 Å². The molecule has 0 spiro atoms. The number of hydrogen-bond donors (Lipinski definition) is 0. The largest absolute Gasteiger partial charge is 0.469 e. The molecule has 0 unspecified atom stereocenters. The SMILES string of the molecule is COC(=O)[C@H](C)c1c(C)nn(Cc2nc(C)c(C)o2)c1C. The average Bonchev–Trinajstić information content (AvgIpc) is 2.89. The molecule has 0 aliphatic rings. The van der Waals surface area contributed by atoms with Crippen molar-refractivity contribution in [2.75, 3.05) is 7.11 Å². The van der Waals surface area contributed by atoms with Crippen LogP contribution in [0.5, 0.6) is 0 Å². The van der Waals surface area contributed by atoms with E-state index in [2.05, 4.69) is 10.1 Å². The summed E-state index contributed by atoms with van der Waals surface area (Å²) in [5, 5.41) is 4.49. The van der Waals surface area contributed by atoms with Crippen molar-refractivity contribution in [3.8, 4) is 0 Å². The fourth-order valence-electron chi connectivity index (χ4n) is 2.52. The Hall–Kier alpha value is -2.11. The third-order valence-electron chi connectivity index (χ3n) is 3.78. The highest BCUT2D eigenvalue weighted by Crippen LogP contribution is 2.25. The Bertz CT molecular complexity index is 651. The standard InChI is InChI=1S/C15H21N3O3/c1-8(15(19)20-6)14-10(3)17-18(11(14)4)7-13-16-9(2)12(5)21-13/h8H,7H2,1-6H3/t8-/m1/s1. The highest BCUT2D eigenvalue weighted by Gasteiger charge is 2.24. The Labute approximate surface area is 124 Å². The van der Waals surface area contributed by atoms with Gasteiger partial charge in [0.2, 0.25) is 5.89 Å². The van der Waals surface area contributed by atoms with Crippen molar-refractivity contribution in [1.82, 2.24) is 14.8 Å². The predicted molar refractivity (Wildman–Crippen MR) is 77.2 cm³/mol. The predicted octanol–water partition coefficient (Wildman–Crippen LogP) is 2.43. The van der Waals surface area contributed by atoms with Gasteiger partial charge in [-0.1, -0.05) is 0 Å². The molecule has 114 valence electrons. The molecule has 0 fully saturated rings. The van der Waals surface area contributed by atoms with Gasteiger partial charge in [-0.3, -0.25) is 9.48 Å². The molecule has 0 saturated heterocycles. The van der Waals surface area contributed by atoms with Gasteiger partial charge in [0.15, 0.2) is 0 Å². The summed E-state index contributed by atoms with van der Waals surface area (Å²) in [4.78, 5) is 16.1. The number of rotatable bonds is 4. The number of carbonyl (C=O) groups is 1. The van der Waals surface area contributed by atoms with E-state index in [0.29, 0.717) is 12.4 Å². The van der Waals surface area contributed by atoms with Crippen LogP contribution in [0.2, 0.25) is 0 Å². The number of methoxy groups -OCH3 is 1. The number of aromatic nitrogens is 3. The summed E-state index contributed by atoms with van der Waals surface area (Å²) in [6.45, 7) is 9.91. The van der Waals surface area contributed by atoms with Crippen molar-refractivity contribution in [3.05, 3.63) is 34.3 Å². The van der Waals surface area contributed by atoms with Crippen LogP contribution in [0.25, 0.3) is 0 Å². The minimum absolute atomic E-state index is 0.261. The number of nitrogens with zero attached hydrogens (tertiary/aromatic N) is 3. The highest BCUT2D eigenvalue weighted by molar-refractivity contribution is 5.78. The van der Waals surface area contributed by atoms with Crippen molar-refractivity contribution in [2.24, 2.45) is 0 Å². The van der Waals surface area contributed by atoms with E-state index in [9.17, 15) is 4.79 Å². The number of carbonyl (C=O) groups excluding carboxylic acids is 1. The fraction of sp³-hybridized carbons (Fsp3) is 0.533. The Morgan fingerprint density at radius 1 is 1.29 bits per heavy atom. The lowest BCUT2D eigenvalue weighted by Crippen LogP contribution is -2.13. The lowest BCUT2D eigenvalue weighted by Gasteiger charge is -2.10. The van der Waals surface area contributed by atoms with Crippen LogP contribution in [0.4, 0.5) is 0 Å². The summed E-state index contributed by atoms with van der Waals surface area (Å²) in [5.41, 5.74) is 3.54. The molecule has 0 aromatic carbocycles. The molecule has 0 N–H and O–H groups in total. The lowest BCUT2D eigenvalue weighted by atomic mass is 9.99. The molecular formula is C15H21N3O3. The first kappa shape index (κ1) is 15.3. The van der Waals surface area contributed by atoms with Crippen molar-refractivity contribution in [2.45, 2.75) is 47.1 Å². The summed E-state index contributed by atoms with van der Waals surface area (Å²) in [6, 6.07) is 0. The summed E-state index contributed by atoms with van der Waals surface area (Å²) >= 11 is 0. The van der Waals surface area contributed by atoms with Gasteiger partial charge < -0.3 is 9.15 Å². The van der Waals surface area contributed by atoms with Gasteiger partial charge in [-0.15, -0.1) is 0 Å². The molecule has 0 saturated carbocycles. The normalized spacial score (nSPS) is 12.5. The molecule has 0 radical (unpaired) electrons. The van der Waals surface area contributed by atoms with Gasteiger partial charge >= 0.3 is 5.97 Å². The maximum Gasteiger partial charge on any atom is 0.312 e. The van der Waals surface area contributed by atoms with Gasteiger partial charge in [0.05, 0.1) is 24.4 Å². The zero-order valence-corrected chi connectivity index (χ0v) is 13.4. The number of hydrogen-bond acceptors (Lipinski definition) is 5. The van der Waals surface area contributed by atoms with E-state index in [1.54, 1.807) is 0 Å². The van der Waals surface area contributed by atoms with Crippen LogP contribution in [0.15, 0.2) is 4.42 Å². The molecule has 0 amide bonds. The van der Waals surface area contributed by atoms with E-state index in [4.69, 9.17) is 9.15 Å². The third kappa shape index (κ3) is 2.84. The van der Waals surface area contributed by atoms with Gasteiger partial charge in [0, 0.05) is 11.3 Å². The minimum Gasteiger partial charge on any atom is -0.469 e. The molecule has 21 heavy (non-hydrogen) atoms. The van der Waals surface area contributed by atoms with Crippen LogP contribution in [0.3, 0.4) is 0 Å². The van der Waals surface area contributed by atoms with Crippen molar-refractivity contribution in [1.29, 1.82) is 0 Å². The number of aryl methyl sites for hydroxylation is 3. The molecule has 2 heterocycles. The maximum absolute atomic E-state index is 11.7.